The van der Waals surface area contributed by atoms with E-state index in [-0.39, 0.29) is 17.2 Å². The van der Waals surface area contributed by atoms with Crippen molar-refractivity contribution >= 4 is 33.9 Å². The largest absolute Gasteiger partial charge is 0.290 e. The lowest BCUT2D eigenvalue weighted by atomic mass is 9.90. The van der Waals surface area contributed by atoms with Crippen LogP contribution in [-0.2, 0) is 19.9 Å². The van der Waals surface area contributed by atoms with Crippen molar-refractivity contribution in [3.8, 4) is 0 Å². The molecular weight excluding hydrogens is 376 g/mol. The van der Waals surface area contributed by atoms with Crippen molar-refractivity contribution in [1.29, 1.82) is 0 Å². The summed E-state index contributed by atoms with van der Waals surface area (Å²) in [5, 5.41) is 4.90. The lowest BCUT2D eigenvalue weighted by molar-refractivity contribution is 0.0846. The van der Waals surface area contributed by atoms with Gasteiger partial charge in [-0.15, -0.1) is 11.3 Å². The quantitative estimate of drug-likeness (QED) is 0.650. The van der Waals surface area contributed by atoms with Gasteiger partial charge in [0, 0.05) is 17.3 Å². The molecule has 0 bridgehead atoms. The number of benzene rings is 1. The average molecular weight is 396 g/mol. The minimum atomic E-state index is -0.574. The molecule has 1 aliphatic carbocycles. The molecule has 2 heterocycles. The molecule has 4 rings (SSSR count). The number of carbonyl (C=O) groups is 2. The molecule has 2 amide bonds. The number of fused-ring (bicyclic) bond motifs is 2. The number of nitrogens with zero attached hydrogens (tertiary/aromatic N) is 2. The summed E-state index contributed by atoms with van der Waals surface area (Å²) >= 11 is 1.48. The molecule has 2 N–H and O–H groups in total. The van der Waals surface area contributed by atoms with Crippen molar-refractivity contribution in [2.45, 2.75) is 26.2 Å². The number of thiophene rings is 1. The van der Waals surface area contributed by atoms with E-state index < -0.39 is 5.91 Å². The van der Waals surface area contributed by atoms with Crippen molar-refractivity contribution in [3.63, 3.8) is 0 Å². The first kappa shape index (κ1) is 18.4. The molecule has 2 aromatic heterocycles. The van der Waals surface area contributed by atoms with Crippen molar-refractivity contribution in [3.05, 3.63) is 61.7 Å². The van der Waals surface area contributed by atoms with Crippen LogP contribution in [0.2, 0.25) is 0 Å². The maximum absolute atomic E-state index is 12.6. The van der Waals surface area contributed by atoms with E-state index in [0.717, 1.165) is 23.9 Å². The van der Waals surface area contributed by atoms with Crippen LogP contribution < -0.4 is 16.4 Å². The van der Waals surface area contributed by atoms with Gasteiger partial charge in [-0.3, -0.25) is 25.2 Å². The van der Waals surface area contributed by atoms with E-state index in [4.69, 9.17) is 0 Å². The van der Waals surface area contributed by atoms with Crippen LogP contribution in [0.4, 0.5) is 0 Å². The van der Waals surface area contributed by atoms with E-state index in [0.29, 0.717) is 21.6 Å². The standard InChI is InChI=1S/C20H20N4O3S/c1-11-7-8-15-12(9-11)10-16(28-15)18(25)21-22-19(26)17-13-5-3-4-6-14(13)20(27)24(2)23-17/h3-6,10-11H,7-9H2,1-2H3,(H,21,25)(H,22,26). The molecule has 28 heavy (non-hydrogen) atoms. The van der Waals surface area contributed by atoms with E-state index >= 15 is 0 Å². The SMILES string of the molecule is CC1CCc2sc(C(=O)NNC(=O)c3nn(C)c(=O)c4ccccc34)cc2C1. The number of nitrogens with one attached hydrogen (secondary N) is 2. The Kier molecular flexibility index (Phi) is 4.72. The minimum Gasteiger partial charge on any atom is -0.267 e. The predicted molar refractivity (Wildman–Crippen MR) is 107 cm³/mol. The molecule has 0 aliphatic heterocycles. The molecule has 1 aliphatic rings. The predicted octanol–water partition coefficient (Wildman–Crippen LogP) is 2.19. The first-order valence-electron chi connectivity index (χ1n) is 9.12. The van der Waals surface area contributed by atoms with Gasteiger partial charge < -0.3 is 0 Å². The van der Waals surface area contributed by atoms with Crippen molar-refractivity contribution in [1.82, 2.24) is 20.6 Å². The fraction of sp³-hybridized carbons (Fsp3) is 0.300. The average Bonchev–Trinajstić information content (AvgIpc) is 3.12. The first-order chi connectivity index (χ1) is 13.4. The number of hydrogen-bond donors (Lipinski definition) is 2. The Hall–Kier alpha value is -3.00. The second-order valence-corrected chi connectivity index (χ2v) is 8.27. The Morgan fingerprint density at radius 3 is 2.68 bits per heavy atom. The molecule has 7 nitrogen and oxygen atoms in total. The zero-order valence-corrected chi connectivity index (χ0v) is 16.4. The van der Waals surface area contributed by atoms with Crippen molar-refractivity contribution in [2.24, 2.45) is 13.0 Å². The molecule has 3 aromatic rings. The molecule has 0 saturated carbocycles. The lowest BCUT2D eigenvalue weighted by Gasteiger charge is -2.16. The summed E-state index contributed by atoms with van der Waals surface area (Å²) in [5.41, 5.74) is 5.90. The molecule has 1 atom stereocenters. The number of rotatable bonds is 2. The Morgan fingerprint density at radius 1 is 1.18 bits per heavy atom. The van der Waals surface area contributed by atoms with Gasteiger partial charge in [-0.25, -0.2) is 4.68 Å². The highest BCUT2D eigenvalue weighted by Gasteiger charge is 2.21. The summed E-state index contributed by atoms with van der Waals surface area (Å²) in [6.45, 7) is 2.21. The topological polar surface area (TPSA) is 93.1 Å². The summed E-state index contributed by atoms with van der Waals surface area (Å²) in [5.74, 6) is -0.300. The van der Waals surface area contributed by atoms with E-state index in [1.54, 1.807) is 24.3 Å². The molecular formula is C20H20N4O3S. The summed E-state index contributed by atoms with van der Waals surface area (Å²) < 4.78 is 1.12. The fourth-order valence-corrected chi connectivity index (χ4v) is 4.62. The first-order valence-corrected chi connectivity index (χ1v) is 9.94. The van der Waals surface area contributed by atoms with Gasteiger partial charge in [0.05, 0.1) is 10.3 Å². The van der Waals surface area contributed by atoms with Crippen LogP contribution in [0.5, 0.6) is 0 Å². The zero-order valence-electron chi connectivity index (χ0n) is 15.6. The number of carbonyl (C=O) groups excluding carboxylic acids is 2. The fourth-order valence-electron chi connectivity index (χ4n) is 3.52. The van der Waals surface area contributed by atoms with Gasteiger partial charge in [-0.1, -0.05) is 25.1 Å². The molecule has 0 saturated heterocycles. The monoisotopic (exact) mass is 396 g/mol. The van der Waals surface area contributed by atoms with Crippen LogP contribution in [0.1, 0.15) is 43.9 Å². The molecule has 8 heteroatoms. The Morgan fingerprint density at radius 2 is 1.89 bits per heavy atom. The molecule has 144 valence electrons. The third-order valence-corrected chi connectivity index (χ3v) is 6.25. The number of hydrazine groups is 1. The zero-order chi connectivity index (χ0) is 19.8. The van der Waals surface area contributed by atoms with Crippen LogP contribution in [0.25, 0.3) is 10.8 Å². The second-order valence-electron chi connectivity index (χ2n) is 7.14. The normalized spacial score (nSPS) is 15.9. The third kappa shape index (κ3) is 3.31. The second kappa shape index (κ2) is 7.20. The van der Waals surface area contributed by atoms with Gasteiger partial charge >= 0.3 is 0 Å². The van der Waals surface area contributed by atoms with E-state index in [1.165, 1.54) is 28.8 Å². The molecule has 0 fully saturated rings. The van der Waals surface area contributed by atoms with Gasteiger partial charge in [0.15, 0.2) is 5.69 Å². The smallest absolute Gasteiger partial charge is 0.267 e. The van der Waals surface area contributed by atoms with Gasteiger partial charge in [0.1, 0.15) is 0 Å². The highest BCUT2D eigenvalue weighted by atomic mass is 32.1. The Bertz CT molecular complexity index is 1150. The highest BCUT2D eigenvalue weighted by molar-refractivity contribution is 7.14. The van der Waals surface area contributed by atoms with Crippen molar-refractivity contribution in [2.75, 3.05) is 0 Å². The lowest BCUT2D eigenvalue weighted by Crippen LogP contribution is -2.42. The third-order valence-electron chi connectivity index (χ3n) is 5.01. The summed E-state index contributed by atoms with van der Waals surface area (Å²) in [7, 11) is 1.49. The van der Waals surface area contributed by atoms with Gasteiger partial charge in [0.25, 0.3) is 17.4 Å². The summed E-state index contributed by atoms with van der Waals surface area (Å²) in [6, 6.07) is 8.68. The van der Waals surface area contributed by atoms with Gasteiger partial charge in [0.2, 0.25) is 0 Å². The summed E-state index contributed by atoms with van der Waals surface area (Å²) in [4.78, 5) is 39.1. The van der Waals surface area contributed by atoms with E-state index in [9.17, 15) is 14.4 Å². The molecule has 0 spiro atoms. The number of hydrogen-bond acceptors (Lipinski definition) is 5. The van der Waals surface area contributed by atoms with Crippen LogP contribution >= 0.6 is 11.3 Å². The van der Waals surface area contributed by atoms with Crippen LogP contribution in [0.3, 0.4) is 0 Å². The van der Waals surface area contributed by atoms with Crippen LogP contribution in [0, 0.1) is 5.92 Å². The summed E-state index contributed by atoms with van der Waals surface area (Å²) in [6.07, 6.45) is 3.12. The maximum atomic E-state index is 12.6. The Balaban J connectivity index is 1.52. The minimum absolute atomic E-state index is 0.0808. The molecule has 1 unspecified atom stereocenters. The van der Waals surface area contributed by atoms with Crippen molar-refractivity contribution < 1.29 is 9.59 Å². The highest BCUT2D eigenvalue weighted by Crippen LogP contribution is 2.32. The Labute approximate surface area is 165 Å². The molecule has 0 radical (unpaired) electrons. The van der Waals surface area contributed by atoms with Gasteiger partial charge in [-0.05, 0) is 42.9 Å². The maximum Gasteiger partial charge on any atom is 0.290 e. The molecule has 1 aromatic carbocycles. The van der Waals surface area contributed by atoms with Crippen LogP contribution in [-0.4, -0.2) is 21.6 Å². The van der Waals surface area contributed by atoms with E-state index in [2.05, 4.69) is 22.9 Å². The van der Waals surface area contributed by atoms with Gasteiger partial charge in [-0.2, -0.15) is 5.10 Å². The number of amides is 2. The number of aryl methyl sites for hydroxylation is 2. The van der Waals surface area contributed by atoms with E-state index in [1.807, 2.05) is 6.07 Å². The van der Waals surface area contributed by atoms with Crippen LogP contribution in [0.15, 0.2) is 35.1 Å². The number of aromatic nitrogens is 2.